The Kier molecular flexibility index (Phi) is 5.90. The van der Waals surface area contributed by atoms with Crippen molar-refractivity contribution in [3.63, 3.8) is 0 Å². The monoisotopic (exact) mass is 427 g/mol. The predicted octanol–water partition coefficient (Wildman–Crippen LogP) is 1.83. The zero-order chi connectivity index (χ0) is 20.8. The lowest BCUT2D eigenvalue weighted by Crippen LogP contribution is -2.58. The number of piperidine rings is 1. The number of fused-ring (bicyclic) bond motifs is 4. The van der Waals surface area contributed by atoms with Gasteiger partial charge in [-0.25, -0.2) is 13.2 Å². The highest BCUT2D eigenvalue weighted by molar-refractivity contribution is 7.91. The zero-order valence-corrected chi connectivity index (χ0v) is 19.0. The van der Waals surface area contributed by atoms with E-state index in [9.17, 15) is 13.2 Å². The lowest BCUT2D eigenvalue weighted by atomic mass is 9.72. The maximum Gasteiger partial charge on any atom is 0.320 e. The van der Waals surface area contributed by atoms with Gasteiger partial charge in [-0.15, -0.1) is 0 Å². The maximum absolute atomic E-state index is 13.2. The summed E-state index contributed by atoms with van der Waals surface area (Å²) in [4.78, 5) is 19.7. The van der Waals surface area contributed by atoms with E-state index in [1.54, 1.807) is 4.90 Å². The van der Waals surface area contributed by atoms with Gasteiger partial charge in [-0.3, -0.25) is 4.90 Å². The zero-order valence-electron chi connectivity index (χ0n) is 18.2. The van der Waals surface area contributed by atoms with Crippen molar-refractivity contribution < 1.29 is 17.9 Å². The van der Waals surface area contributed by atoms with Gasteiger partial charge in [0.2, 0.25) is 0 Å². The van der Waals surface area contributed by atoms with Gasteiger partial charge in [0.1, 0.15) is 0 Å². The Morgan fingerprint density at radius 3 is 2.24 bits per heavy atom. The normalized spacial score (nSPS) is 37.3. The summed E-state index contributed by atoms with van der Waals surface area (Å²) >= 11 is 0. The fourth-order valence-corrected chi connectivity index (χ4v) is 7.37. The Labute approximate surface area is 175 Å². The molecule has 1 saturated carbocycles. The number of methoxy groups -OCH3 is 1. The van der Waals surface area contributed by atoms with E-state index >= 15 is 0 Å². The van der Waals surface area contributed by atoms with Crippen LogP contribution in [0, 0.1) is 11.3 Å². The van der Waals surface area contributed by atoms with Crippen molar-refractivity contribution in [3.8, 4) is 0 Å². The predicted molar refractivity (Wildman–Crippen MR) is 113 cm³/mol. The van der Waals surface area contributed by atoms with E-state index < -0.39 is 9.84 Å². The van der Waals surface area contributed by atoms with Gasteiger partial charge in [0.15, 0.2) is 9.84 Å². The minimum Gasteiger partial charge on any atom is -0.381 e. The summed E-state index contributed by atoms with van der Waals surface area (Å²) < 4.78 is 29.1. The average Bonchev–Trinajstić information content (AvgIpc) is 2.94. The van der Waals surface area contributed by atoms with Gasteiger partial charge in [-0.2, -0.15) is 0 Å². The summed E-state index contributed by atoms with van der Waals surface area (Å²) in [6.45, 7) is 8.02. The molecule has 0 aromatic heterocycles. The van der Waals surface area contributed by atoms with Crippen molar-refractivity contribution >= 4 is 15.9 Å². The second-order valence-corrected chi connectivity index (χ2v) is 12.6. The largest absolute Gasteiger partial charge is 0.381 e. The molecule has 2 amide bonds. The molecule has 8 heteroatoms. The molecular weight excluding hydrogens is 390 g/mol. The number of nitrogens with zero attached hydrogens (tertiary/aromatic N) is 3. The molecule has 5 rings (SSSR count). The fourth-order valence-electron chi connectivity index (χ4n) is 6.16. The van der Waals surface area contributed by atoms with Gasteiger partial charge >= 0.3 is 6.03 Å². The minimum atomic E-state index is -2.98. The highest BCUT2D eigenvalue weighted by atomic mass is 32.2. The standard InChI is InChI=1S/C21H37N3O4S/c1-21(2)12-16-13-23(20(25)22-8-10-29(26,27)11-9-22)15-19(21)24(14-16)17-4-6-18(28-3)7-5-17/h16-19H,4-15H2,1-3H3/t16-,17?,18?,19-/m1/s1. The molecule has 0 spiro atoms. The number of rotatable bonds is 2. The number of hydrogen-bond donors (Lipinski definition) is 0. The first kappa shape index (κ1) is 21.4. The molecule has 1 aliphatic carbocycles. The van der Waals surface area contributed by atoms with Crippen LogP contribution in [0.2, 0.25) is 0 Å². The lowest BCUT2D eigenvalue weighted by Gasteiger charge is -2.51. The molecule has 2 atom stereocenters. The van der Waals surface area contributed by atoms with Crippen molar-refractivity contribution in [2.24, 2.45) is 11.3 Å². The first-order valence-electron chi connectivity index (χ1n) is 11.2. The summed E-state index contributed by atoms with van der Waals surface area (Å²) in [5.74, 6) is 0.681. The molecule has 0 aromatic carbocycles. The summed E-state index contributed by atoms with van der Waals surface area (Å²) in [5.41, 5.74) is 0.182. The fraction of sp³-hybridized carbons (Fsp3) is 0.952. The summed E-state index contributed by atoms with van der Waals surface area (Å²) in [6, 6.07) is 0.990. The van der Waals surface area contributed by atoms with Gasteiger partial charge in [-0.05, 0) is 43.4 Å². The minimum absolute atomic E-state index is 0.0394. The quantitative estimate of drug-likeness (QED) is 0.672. The second kappa shape index (κ2) is 8.00. The average molecular weight is 428 g/mol. The van der Waals surface area contributed by atoms with Crippen molar-refractivity contribution in [3.05, 3.63) is 0 Å². The van der Waals surface area contributed by atoms with Crippen LogP contribution in [0.3, 0.4) is 0 Å². The van der Waals surface area contributed by atoms with Crippen molar-refractivity contribution in [2.75, 3.05) is 51.3 Å². The number of sulfone groups is 1. The smallest absolute Gasteiger partial charge is 0.320 e. The van der Waals surface area contributed by atoms with Crippen LogP contribution in [0.1, 0.15) is 46.0 Å². The number of amides is 2. The number of urea groups is 1. The Morgan fingerprint density at radius 1 is 0.966 bits per heavy atom. The van der Waals surface area contributed by atoms with Crippen molar-refractivity contribution in [2.45, 2.75) is 64.1 Å². The SMILES string of the molecule is COC1CCC(N2C[C@H]3CN(C(=O)N4CCS(=O)(=O)CC4)C[C@@H]2C(C)(C)C3)CC1. The molecular formula is C21H37N3O4S. The van der Waals surface area contributed by atoms with E-state index in [0.29, 0.717) is 37.2 Å². The Balaban J connectivity index is 1.47. The molecule has 5 fully saturated rings. The number of carbonyl (C=O) groups excluding carboxylic acids is 1. The van der Waals surface area contributed by atoms with E-state index in [4.69, 9.17) is 4.74 Å². The molecule has 4 saturated heterocycles. The molecule has 166 valence electrons. The van der Waals surface area contributed by atoms with Crippen LogP contribution in [0.5, 0.6) is 0 Å². The van der Waals surface area contributed by atoms with Gasteiger partial charge < -0.3 is 14.5 Å². The molecule has 2 bridgehead atoms. The van der Waals surface area contributed by atoms with Crippen LogP contribution in [-0.4, -0.2) is 98.7 Å². The number of ether oxygens (including phenoxy) is 1. The summed E-state index contributed by atoms with van der Waals surface area (Å²) in [5, 5.41) is 0. The van der Waals surface area contributed by atoms with E-state index in [1.165, 1.54) is 12.8 Å². The van der Waals surface area contributed by atoms with Gasteiger partial charge in [0.25, 0.3) is 0 Å². The molecule has 0 N–H and O–H groups in total. The summed E-state index contributed by atoms with van der Waals surface area (Å²) in [6.07, 6.45) is 6.16. The van der Waals surface area contributed by atoms with Crippen molar-refractivity contribution in [1.82, 2.24) is 14.7 Å². The summed E-state index contributed by atoms with van der Waals surface area (Å²) in [7, 11) is -1.16. The Morgan fingerprint density at radius 2 is 1.62 bits per heavy atom. The molecule has 0 aromatic rings. The molecule has 4 heterocycles. The highest BCUT2D eigenvalue weighted by Gasteiger charge is 2.49. The highest BCUT2D eigenvalue weighted by Crippen LogP contribution is 2.44. The Hall–Kier alpha value is -0.860. The third-order valence-electron chi connectivity index (χ3n) is 7.79. The van der Waals surface area contributed by atoms with Gasteiger partial charge in [0, 0.05) is 51.9 Å². The topological polar surface area (TPSA) is 70.2 Å². The Bertz CT molecular complexity index is 703. The van der Waals surface area contributed by atoms with Crippen molar-refractivity contribution in [1.29, 1.82) is 0 Å². The van der Waals surface area contributed by atoms with Crippen LogP contribution in [0.15, 0.2) is 0 Å². The molecule has 29 heavy (non-hydrogen) atoms. The van der Waals surface area contributed by atoms with Gasteiger partial charge in [0.05, 0.1) is 17.6 Å². The molecule has 0 unspecified atom stereocenters. The first-order chi connectivity index (χ1) is 13.7. The van der Waals surface area contributed by atoms with Crippen LogP contribution < -0.4 is 0 Å². The van der Waals surface area contributed by atoms with E-state index in [2.05, 4.69) is 18.7 Å². The molecule has 4 aliphatic heterocycles. The van der Waals surface area contributed by atoms with E-state index in [1.807, 2.05) is 12.0 Å². The first-order valence-corrected chi connectivity index (χ1v) is 13.0. The third-order valence-corrected chi connectivity index (χ3v) is 9.40. The second-order valence-electron chi connectivity index (χ2n) is 10.3. The van der Waals surface area contributed by atoms with E-state index in [-0.39, 0.29) is 23.0 Å². The number of hydrogen-bond acceptors (Lipinski definition) is 5. The molecule has 0 radical (unpaired) electrons. The van der Waals surface area contributed by atoms with Crippen LogP contribution in [0.25, 0.3) is 0 Å². The third kappa shape index (κ3) is 4.44. The van der Waals surface area contributed by atoms with Gasteiger partial charge in [-0.1, -0.05) is 13.8 Å². The number of carbonyl (C=O) groups is 1. The van der Waals surface area contributed by atoms with Crippen LogP contribution in [-0.2, 0) is 14.6 Å². The van der Waals surface area contributed by atoms with Crippen LogP contribution >= 0.6 is 0 Å². The van der Waals surface area contributed by atoms with E-state index in [0.717, 1.165) is 38.9 Å². The molecule has 7 nitrogen and oxygen atoms in total. The molecule has 5 aliphatic rings. The van der Waals surface area contributed by atoms with Crippen LogP contribution in [0.4, 0.5) is 4.79 Å². The maximum atomic E-state index is 13.2. The lowest BCUT2D eigenvalue weighted by molar-refractivity contribution is -0.0333.